The van der Waals surface area contributed by atoms with Crippen LogP contribution in [-0.2, 0) is 4.74 Å². The minimum atomic E-state index is -0.241. The lowest BCUT2D eigenvalue weighted by molar-refractivity contribution is 0.0787. The van der Waals surface area contributed by atoms with Gasteiger partial charge in [-0.1, -0.05) is 0 Å². The smallest absolute Gasteiger partial charge is 0.124 e. The molecule has 0 saturated carbocycles. The van der Waals surface area contributed by atoms with Gasteiger partial charge in [0.25, 0.3) is 0 Å². The minimum absolute atomic E-state index is 0.241. The molecule has 20 heavy (non-hydrogen) atoms. The Balaban J connectivity index is 2.07. The molecular formula is C16H21FN2O. The van der Waals surface area contributed by atoms with Crippen LogP contribution in [0.5, 0.6) is 0 Å². The highest BCUT2D eigenvalue weighted by Crippen LogP contribution is 2.24. The molecule has 0 amide bonds. The first-order valence-electron chi connectivity index (χ1n) is 6.98. The molecule has 0 fully saturated rings. The van der Waals surface area contributed by atoms with Crippen LogP contribution in [0.4, 0.5) is 10.1 Å². The molecule has 4 heteroatoms. The van der Waals surface area contributed by atoms with Crippen LogP contribution >= 0.6 is 0 Å². The van der Waals surface area contributed by atoms with Crippen molar-refractivity contribution in [1.29, 1.82) is 0 Å². The first-order valence-corrected chi connectivity index (χ1v) is 6.98. The van der Waals surface area contributed by atoms with Crippen molar-refractivity contribution in [2.75, 3.05) is 18.5 Å². The number of pyridine rings is 1. The molecule has 1 aromatic carbocycles. The Labute approximate surface area is 119 Å². The highest BCUT2D eigenvalue weighted by molar-refractivity contribution is 5.91. The van der Waals surface area contributed by atoms with Gasteiger partial charge in [0, 0.05) is 29.9 Å². The molecule has 3 nitrogen and oxygen atoms in total. The number of nitrogens with one attached hydrogen (secondary N) is 1. The van der Waals surface area contributed by atoms with Crippen molar-refractivity contribution < 1.29 is 9.13 Å². The number of rotatable bonds is 6. The summed E-state index contributed by atoms with van der Waals surface area (Å²) in [5.74, 6) is -0.241. The van der Waals surface area contributed by atoms with Crippen molar-refractivity contribution in [1.82, 2.24) is 4.98 Å². The summed E-state index contributed by atoms with van der Waals surface area (Å²) in [5, 5.41) is 4.16. The molecule has 0 radical (unpaired) electrons. The molecule has 0 aliphatic carbocycles. The lowest BCUT2D eigenvalue weighted by Crippen LogP contribution is -2.09. The third-order valence-corrected chi connectivity index (χ3v) is 2.99. The van der Waals surface area contributed by atoms with Gasteiger partial charge >= 0.3 is 0 Å². The molecule has 1 N–H and O–H groups in total. The Morgan fingerprint density at radius 3 is 2.85 bits per heavy atom. The van der Waals surface area contributed by atoms with E-state index in [2.05, 4.69) is 10.3 Å². The summed E-state index contributed by atoms with van der Waals surface area (Å²) >= 11 is 0. The summed E-state index contributed by atoms with van der Waals surface area (Å²) in [6.45, 7) is 7.50. The van der Waals surface area contributed by atoms with Gasteiger partial charge in [0.05, 0.1) is 11.6 Å². The third kappa shape index (κ3) is 3.90. The number of hydrogen-bond acceptors (Lipinski definition) is 3. The van der Waals surface area contributed by atoms with Crippen LogP contribution in [0.15, 0.2) is 24.3 Å². The molecule has 1 heterocycles. The zero-order valence-corrected chi connectivity index (χ0v) is 12.2. The summed E-state index contributed by atoms with van der Waals surface area (Å²) in [7, 11) is 0. The van der Waals surface area contributed by atoms with Crippen LogP contribution in [0.2, 0.25) is 0 Å². The van der Waals surface area contributed by atoms with Crippen molar-refractivity contribution in [3.8, 4) is 0 Å². The van der Waals surface area contributed by atoms with E-state index in [0.717, 1.165) is 41.9 Å². The Hall–Kier alpha value is -1.68. The molecule has 1 aromatic heterocycles. The highest BCUT2D eigenvalue weighted by Gasteiger charge is 2.05. The van der Waals surface area contributed by atoms with Crippen molar-refractivity contribution >= 4 is 16.6 Å². The number of hydrogen-bond donors (Lipinski definition) is 1. The van der Waals surface area contributed by atoms with E-state index >= 15 is 0 Å². The van der Waals surface area contributed by atoms with Crippen LogP contribution in [-0.4, -0.2) is 24.2 Å². The van der Waals surface area contributed by atoms with Crippen molar-refractivity contribution in [2.24, 2.45) is 0 Å². The Morgan fingerprint density at radius 2 is 2.10 bits per heavy atom. The SMILES string of the molecule is Cc1cc(NCCCOC(C)C)c2cc(F)ccc2n1. The monoisotopic (exact) mass is 276 g/mol. The van der Waals surface area contributed by atoms with Gasteiger partial charge < -0.3 is 10.1 Å². The average molecular weight is 276 g/mol. The lowest BCUT2D eigenvalue weighted by Gasteiger charge is -2.12. The lowest BCUT2D eigenvalue weighted by atomic mass is 10.1. The van der Waals surface area contributed by atoms with Crippen LogP contribution in [0.1, 0.15) is 26.0 Å². The summed E-state index contributed by atoms with van der Waals surface area (Å²) in [5.41, 5.74) is 2.66. The van der Waals surface area contributed by atoms with E-state index in [1.54, 1.807) is 6.07 Å². The summed E-state index contributed by atoms with van der Waals surface area (Å²) < 4.78 is 18.9. The maximum absolute atomic E-state index is 13.4. The van der Waals surface area contributed by atoms with E-state index in [-0.39, 0.29) is 11.9 Å². The first kappa shape index (κ1) is 14.7. The van der Waals surface area contributed by atoms with E-state index in [1.807, 2.05) is 26.8 Å². The number of benzene rings is 1. The third-order valence-electron chi connectivity index (χ3n) is 2.99. The normalized spacial score (nSPS) is 11.2. The second-order valence-electron chi connectivity index (χ2n) is 5.17. The topological polar surface area (TPSA) is 34.1 Å². The summed E-state index contributed by atoms with van der Waals surface area (Å²) in [6, 6.07) is 6.62. The van der Waals surface area contributed by atoms with Crippen molar-refractivity contribution in [2.45, 2.75) is 33.3 Å². The molecule has 0 aliphatic heterocycles. The Morgan fingerprint density at radius 1 is 1.30 bits per heavy atom. The predicted octanol–water partition coefficient (Wildman–Crippen LogP) is 3.91. The molecule has 0 bridgehead atoms. The van der Waals surface area contributed by atoms with Gasteiger partial charge in [-0.3, -0.25) is 4.98 Å². The van der Waals surface area contributed by atoms with E-state index in [4.69, 9.17) is 4.74 Å². The molecule has 0 atom stereocenters. The number of aromatic nitrogens is 1. The second-order valence-corrected chi connectivity index (χ2v) is 5.17. The van der Waals surface area contributed by atoms with E-state index in [1.165, 1.54) is 12.1 Å². The zero-order chi connectivity index (χ0) is 14.5. The molecule has 0 unspecified atom stereocenters. The van der Waals surface area contributed by atoms with Gasteiger partial charge in [-0.2, -0.15) is 0 Å². The van der Waals surface area contributed by atoms with Crippen LogP contribution < -0.4 is 5.32 Å². The summed E-state index contributed by atoms with van der Waals surface area (Å²) in [4.78, 5) is 4.41. The predicted molar refractivity (Wildman–Crippen MR) is 80.6 cm³/mol. The Kier molecular flexibility index (Phi) is 4.90. The van der Waals surface area contributed by atoms with Gasteiger partial charge in [-0.15, -0.1) is 0 Å². The van der Waals surface area contributed by atoms with Crippen molar-refractivity contribution in [3.05, 3.63) is 35.8 Å². The number of fused-ring (bicyclic) bond motifs is 1. The highest BCUT2D eigenvalue weighted by atomic mass is 19.1. The fourth-order valence-electron chi connectivity index (χ4n) is 2.09. The van der Waals surface area contributed by atoms with Crippen LogP contribution in [0.3, 0.4) is 0 Å². The molecule has 0 spiro atoms. The summed E-state index contributed by atoms with van der Waals surface area (Å²) in [6.07, 6.45) is 1.17. The minimum Gasteiger partial charge on any atom is -0.384 e. The molecular weight excluding hydrogens is 255 g/mol. The second kappa shape index (κ2) is 6.66. The quantitative estimate of drug-likeness (QED) is 0.812. The molecule has 0 aliphatic rings. The molecule has 2 aromatic rings. The average Bonchev–Trinajstić information content (AvgIpc) is 2.38. The van der Waals surface area contributed by atoms with Crippen LogP contribution in [0.25, 0.3) is 10.9 Å². The molecule has 0 saturated heterocycles. The van der Waals surface area contributed by atoms with E-state index in [0.29, 0.717) is 0 Å². The van der Waals surface area contributed by atoms with Gasteiger partial charge in [-0.05, 0) is 51.5 Å². The zero-order valence-electron chi connectivity index (χ0n) is 12.2. The van der Waals surface area contributed by atoms with Gasteiger partial charge in [0.1, 0.15) is 5.82 Å². The Bertz CT molecular complexity index is 584. The number of halogens is 1. The maximum atomic E-state index is 13.4. The van der Waals surface area contributed by atoms with Gasteiger partial charge in [0.15, 0.2) is 0 Å². The standard InChI is InChI=1S/C16H21FN2O/c1-11(2)20-8-4-7-18-16-9-12(3)19-15-6-5-13(17)10-14(15)16/h5-6,9-11H,4,7-8H2,1-3H3,(H,18,19). The van der Waals surface area contributed by atoms with Gasteiger partial charge in [0.2, 0.25) is 0 Å². The fourth-order valence-corrected chi connectivity index (χ4v) is 2.09. The number of ether oxygens (including phenoxy) is 1. The van der Waals surface area contributed by atoms with E-state index < -0.39 is 0 Å². The van der Waals surface area contributed by atoms with Crippen molar-refractivity contribution in [3.63, 3.8) is 0 Å². The largest absolute Gasteiger partial charge is 0.384 e. The van der Waals surface area contributed by atoms with E-state index in [9.17, 15) is 4.39 Å². The molecule has 2 rings (SSSR count). The maximum Gasteiger partial charge on any atom is 0.124 e. The van der Waals surface area contributed by atoms with Crippen LogP contribution in [0, 0.1) is 12.7 Å². The number of anilines is 1. The van der Waals surface area contributed by atoms with Gasteiger partial charge in [-0.25, -0.2) is 4.39 Å². The fraction of sp³-hybridized carbons (Fsp3) is 0.438. The molecule has 108 valence electrons. The number of aryl methyl sites for hydroxylation is 1. The first-order chi connectivity index (χ1) is 9.56. The number of nitrogens with zero attached hydrogens (tertiary/aromatic N) is 1.